The summed E-state index contributed by atoms with van der Waals surface area (Å²) in [5.41, 5.74) is 3.04. The summed E-state index contributed by atoms with van der Waals surface area (Å²) in [7, 11) is 0. The highest BCUT2D eigenvalue weighted by molar-refractivity contribution is 5.88. The summed E-state index contributed by atoms with van der Waals surface area (Å²) >= 11 is 0. The van der Waals surface area contributed by atoms with Crippen LogP contribution in [0, 0.1) is 0 Å². The third-order valence-electron chi connectivity index (χ3n) is 6.66. The molecule has 0 bridgehead atoms. The fraction of sp³-hybridized carbons (Fsp3) is 0.565. The number of para-hydroxylation sites is 1. The van der Waals surface area contributed by atoms with Crippen molar-refractivity contribution in [3.05, 3.63) is 35.0 Å². The van der Waals surface area contributed by atoms with Crippen molar-refractivity contribution >= 4 is 22.8 Å². The molecule has 33 heavy (non-hydrogen) atoms. The maximum atomic E-state index is 12.9. The number of aliphatic hydroxyl groups excluding tert-OH is 3. The number of ether oxygens (including phenoxy) is 3. The smallest absolute Gasteiger partial charge is 0.335 e. The van der Waals surface area contributed by atoms with Crippen LogP contribution in [0.1, 0.15) is 43.5 Å². The molecule has 4 rings (SSSR count). The maximum Gasteiger partial charge on any atom is 0.335 e. The monoisotopic (exact) mass is 463 g/mol. The Bertz CT molecular complexity index is 1050. The minimum absolute atomic E-state index is 0.215. The Morgan fingerprint density at radius 1 is 1.18 bits per heavy atom. The zero-order valence-electron chi connectivity index (χ0n) is 18.5. The van der Waals surface area contributed by atoms with Gasteiger partial charge >= 0.3 is 11.9 Å². The number of carboxylic acids is 1. The first-order chi connectivity index (χ1) is 15.7. The SMILES string of the molecule is CCc1cccc2c3c([nH]c12)[C@](CC)(CC(=O)O[C@@H]1O[C@@H](C(=O)O)[C@H](O)[C@@H](O)[C@@H]1O)OCC3. The van der Waals surface area contributed by atoms with Gasteiger partial charge in [-0.15, -0.1) is 0 Å². The van der Waals surface area contributed by atoms with Crippen molar-refractivity contribution in [2.24, 2.45) is 0 Å². The van der Waals surface area contributed by atoms with E-state index in [2.05, 4.69) is 11.9 Å². The number of carbonyl (C=O) groups excluding carboxylic acids is 1. The lowest BCUT2D eigenvalue weighted by molar-refractivity contribution is -0.287. The average Bonchev–Trinajstić information content (AvgIpc) is 3.19. The Morgan fingerprint density at radius 2 is 1.94 bits per heavy atom. The molecule has 2 aromatic rings. The van der Waals surface area contributed by atoms with Gasteiger partial charge < -0.3 is 39.6 Å². The lowest BCUT2D eigenvalue weighted by Gasteiger charge is -2.39. The third-order valence-corrected chi connectivity index (χ3v) is 6.66. The van der Waals surface area contributed by atoms with E-state index in [0.717, 1.165) is 34.1 Å². The lowest BCUT2D eigenvalue weighted by atomic mass is 9.86. The second kappa shape index (κ2) is 9.03. The van der Waals surface area contributed by atoms with Gasteiger partial charge in [-0.05, 0) is 30.4 Å². The van der Waals surface area contributed by atoms with Gasteiger partial charge in [0.2, 0.25) is 6.29 Å². The molecule has 0 spiro atoms. The fourth-order valence-electron chi connectivity index (χ4n) is 4.80. The number of carbonyl (C=O) groups is 2. The van der Waals surface area contributed by atoms with Crippen LogP contribution in [0.2, 0.25) is 0 Å². The van der Waals surface area contributed by atoms with Crippen molar-refractivity contribution < 1.29 is 44.2 Å². The molecule has 0 radical (unpaired) electrons. The van der Waals surface area contributed by atoms with E-state index in [1.165, 1.54) is 0 Å². The number of carboxylic acid groups (broad SMARTS) is 1. The largest absolute Gasteiger partial charge is 0.479 e. The number of hydrogen-bond donors (Lipinski definition) is 5. The summed E-state index contributed by atoms with van der Waals surface area (Å²) in [5.74, 6) is -2.35. The predicted octanol–water partition coefficient (Wildman–Crippen LogP) is 0.734. The number of H-pyrrole nitrogens is 1. The van der Waals surface area contributed by atoms with Crippen molar-refractivity contribution in [1.82, 2.24) is 4.98 Å². The first-order valence-corrected chi connectivity index (χ1v) is 11.1. The van der Waals surface area contributed by atoms with Crippen molar-refractivity contribution in [3.63, 3.8) is 0 Å². The molecule has 1 fully saturated rings. The van der Waals surface area contributed by atoms with Crippen LogP contribution in [-0.2, 0) is 42.2 Å². The Kier molecular flexibility index (Phi) is 6.47. The van der Waals surface area contributed by atoms with Gasteiger partial charge in [-0.3, -0.25) is 4.79 Å². The van der Waals surface area contributed by atoms with E-state index in [1.54, 1.807) is 0 Å². The van der Waals surface area contributed by atoms with Gasteiger partial charge in [0, 0.05) is 10.9 Å². The van der Waals surface area contributed by atoms with Crippen LogP contribution in [0.5, 0.6) is 0 Å². The van der Waals surface area contributed by atoms with Gasteiger partial charge in [0.25, 0.3) is 0 Å². The molecule has 3 heterocycles. The standard InChI is InChI=1S/C23H29NO9/c1-3-11-6-5-7-12-13-8-9-31-23(4-2,20(13)24-15(11)12)10-14(25)32-22-18(28)16(26)17(27)19(33-22)21(29)30/h5-7,16-19,22,24,26-28H,3-4,8-10H2,1-2H3,(H,29,30)/t16-,17-,18+,19-,22-,23+/m1/s1. The topological polar surface area (TPSA) is 159 Å². The molecule has 1 aromatic heterocycles. The molecule has 1 saturated heterocycles. The number of benzene rings is 1. The highest BCUT2D eigenvalue weighted by atomic mass is 16.7. The number of rotatable bonds is 6. The van der Waals surface area contributed by atoms with E-state index in [0.29, 0.717) is 19.4 Å². The van der Waals surface area contributed by atoms with Crippen molar-refractivity contribution in [1.29, 1.82) is 0 Å². The first kappa shape index (κ1) is 23.7. The Morgan fingerprint density at radius 3 is 2.61 bits per heavy atom. The van der Waals surface area contributed by atoms with Crippen LogP contribution in [0.3, 0.4) is 0 Å². The van der Waals surface area contributed by atoms with E-state index in [-0.39, 0.29) is 6.42 Å². The van der Waals surface area contributed by atoms with Crippen LogP contribution in [0.25, 0.3) is 10.9 Å². The second-order valence-corrected chi connectivity index (χ2v) is 8.52. The number of aliphatic carboxylic acids is 1. The highest BCUT2D eigenvalue weighted by Gasteiger charge is 2.49. The maximum absolute atomic E-state index is 12.9. The van der Waals surface area contributed by atoms with Crippen LogP contribution in [0.15, 0.2) is 18.2 Å². The minimum atomic E-state index is -1.86. The number of aryl methyl sites for hydroxylation is 1. The number of hydrogen-bond acceptors (Lipinski definition) is 8. The van der Waals surface area contributed by atoms with E-state index >= 15 is 0 Å². The molecule has 0 saturated carbocycles. The molecule has 0 aliphatic carbocycles. The molecule has 180 valence electrons. The molecule has 6 atom stereocenters. The Labute approximate surface area is 190 Å². The molecule has 10 nitrogen and oxygen atoms in total. The summed E-state index contributed by atoms with van der Waals surface area (Å²) in [4.78, 5) is 27.7. The number of nitrogens with one attached hydrogen (secondary N) is 1. The molecule has 10 heteroatoms. The molecule has 2 aliphatic rings. The zero-order valence-corrected chi connectivity index (χ0v) is 18.5. The third kappa shape index (κ3) is 4.02. The van der Waals surface area contributed by atoms with E-state index in [1.807, 2.05) is 25.1 Å². The van der Waals surface area contributed by atoms with Crippen molar-refractivity contribution in [2.45, 2.75) is 75.8 Å². The van der Waals surface area contributed by atoms with Gasteiger partial charge in [0.05, 0.1) is 18.7 Å². The molecule has 5 N–H and O–H groups in total. The van der Waals surface area contributed by atoms with Gasteiger partial charge in [0.15, 0.2) is 6.10 Å². The molecule has 1 aromatic carbocycles. The van der Waals surface area contributed by atoms with Gasteiger partial charge in [-0.25, -0.2) is 4.79 Å². The number of esters is 1. The summed E-state index contributed by atoms with van der Waals surface area (Å²) in [6, 6.07) is 6.10. The second-order valence-electron chi connectivity index (χ2n) is 8.52. The van der Waals surface area contributed by atoms with Crippen LogP contribution < -0.4 is 0 Å². The number of aromatic nitrogens is 1. The highest BCUT2D eigenvalue weighted by Crippen LogP contribution is 2.42. The average molecular weight is 463 g/mol. The number of fused-ring (bicyclic) bond motifs is 3. The minimum Gasteiger partial charge on any atom is -0.479 e. The lowest BCUT2D eigenvalue weighted by Crippen LogP contribution is -2.60. The van der Waals surface area contributed by atoms with Crippen LogP contribution >= 0.6 is 0 Å². The summed E-state index contributed by atoms with van der Waals surface area (Å²) < 4.78 is 16.4. The summed E-state index contributed by atoms with van der Waals surface area (Å²) in [6.45, 7) is 4.37. The number of aromatic amines is 1. The van der Waals surface area contributed by atoms with Gasteiger partial charge in [0.1, 0.15) is 23.9 Å². The van der Waals surface area contributed by atoms with Crippen LogP contribution in [-0.4, -0.2) is 74.7 Å². The Hall–Kier alpha value is -2.50. The van der Waals surface area contributed by atoms with E-state index < -0.39 is 48.2 Å². The summed E-state index contributed by atoms with van der Waals surface area (Å²) in [6.07, 6.45) is -7.34. The van der Waals surface area contributed by atoms with E-state index in [9.17, 15) is 30.0 Å². The normalized spacial score (nSPS) is 31.8. The van der Waals surface area contributed by atoms with Crippen molar-refractivity contribution in [2.75, 3.05) is 6.61 Å². The first-order valence-electron chi connectivity index (χ1n) is 11.1. The van der Waals surface area contributed by atoms with E-state index in [4.69, 9.17) is 14.2 Å². The summed E-state index contributed by atoms with van der Waals surface area (Å²) in [5, 5.41) is 40.2. The Balaban J connectivity index is 1.60. The molecule has 2 aliphatic heterocycles. The molecular weight excluding hydrogens is 434 g/mol. The molecule has 0 amide bonds. The molecule has 0 unspecified atom stereocenters. The number of aliphatic hydroxyl groups is 3. The van der Waals surface area contributed by atoms with Gasteiger partial charge in [-0.1, -0.05) is 32.0 Å². The van der Waals surface area contributed by atoms with Crippen molar-refractivity contribution in [3.8, 4) is 0 Å². The zero-order chi connectivity index (χ0) is 23.9. The quantitative estimate of drug-likeness (QED) is 0.389. The molecular formula is C23H29NO9. The van der Waals surface area contributed by atoms with Gasteiger partial charge in [-0.2, -0.15) is 0 Å². The fourth-order valence-corrected chi connectivity index (χ4v) is 4.80. The van der Waals surface area contributed by atoms with Crippen LogP contribution in [0.4, 0.5) is 0 Å². The predicted molar refractivity (Wildman–Crippen MR) is 114 cm³/mol.